The van der Waals surface area contributed by atoms with E-state index in [1.807, 2.05) is 6.92 Å². The minimum atomic E-state index is -0.00298. The molecule has 0 unspecified atom stereocenters. The van der Waals surface area contributed by atoms with Crippen molar-refractivity contribution in [1.82, 2.24) is 10.2 Å². The average molecular weight is 382 g/mol. The molecule has 1 aliphatic heterocycles. The topological polar surface area (TPSA) is 57.8 Å². The van der Waals surface area contributed by atoms with E-state index in [1.165, 1.54) is 15.3 Å². The van der Waals surface area contributed by atoms with Crippen LogP contribution in [0.1, 0.15) is 51.3 Å². The molecule has 0 radical (unpaired) electrons. The monoisotopic (exact) mass is 381 g/mol. The second-order valence-corrected chi connectivity index (χ2v) is 9.00. The molecule has 4 nitrogen and oxygen atoms in total. The largest absolute Gasteiger partial charge is 0.342 e. The van der Waals surface area contributed by atoms with Crippen LogP contribution in [0.3, 0.4) is 0 Å². The minimum Gasteiger partial charge on any atom is -0.342 e. The van der Waals surface area contributed by atoms with E-state index in [4.69, 9.17) is 0 Å². The third kappa shape index (κ3) is 2.32. The molecule has 1 aliphatic carbocycles. The molecule has 2 N–H and O–H groups in total. The standard InChI is InChI=1S/C20H19N3OS2/c1-10-5-7-26-19(10)18-16-11(2)22-23-20(16)21-13-8-12(9-14(24)17(13)18)15-4-3-6-25-15/h3-7,12,18H,8-9H2,1-2H3,(H2,21,22,23)/t12-,18-/m1/s1. The van der Waals surface area contributed by atoms with E-state index in [-0.39, 0.29) is 17.6 Å². The zero-order chi connectivity index (χ0) is 17.8. The first-order chi connectivity index (χ1) is 12.6. The van der Waals surface area contributed by atoms with Crippen LogP contribution in [0, 0.1) is 13.8 Å². The van der Waals surface area contributed by atoms with Crippen LogP contribution in [0.5, 0.6) is 0 Å². The summed E-state index contributed by atoms with van der Waals surface area (Å²) in [5, 5.41) is 15.3. The van der Waals surface area contributed by atoms with E-state index in [1.54, 1.807) is 22.7 Å². The molecule has 2 aliphatic rings. The molecule has 0 saturated carbocycles. The Labute approximate surface area is 160 Å². The van der Waals surface area contributed by atoms with Gasteiger partial charge in [-0.1, -0.05) is 6.07 Å². The number of carbonyl (C=O) groups is 1. The smallest absolute Gasteiger partial charge is 0.162 e. The zero-order valence-corrected chi connectivity index (χ0v) is 16.3. The third-order valence-electron chi connectivity index (χ3n) is 5.46. The molecule has 0 saturated heterocycles. The van der Waals surface area contributed by atoms with Gasteiger partial charge in [-0.15, -0.1) is 22.7 Å². The number of nitrogens with one attached hydrogen (secondary N) is 2. The predicted octanol–water partition coefficient (Wildman–Crippen LogP) is 5.11. The van der Waals surface area contributed by atoms with Gasteiger partial charge in [-0.25, -0.2) is 0 Å². The highest BCUT2D eigenvalue weighted by Crippen LogP contribution is 2.50. The van der Waals surface area contributed by atoms with Crippen LogP contribution in [-0.4, -0.2) is 16.0 Å². The van der Waals surface area contributed by atoms with Gasteiger partial charge in [0.1, 0.15) is 0 Å². The Morgan fingerprint density at radius 1 is 1.15 bits per heavy atom. The summed E-state index contributed by atoms with van der Waals surface area (Å²) in [5.41, 5.74) is 5.40. The Kier molecular flexibility index (Phi) is 3.65. The Morgan fingerprint density at radius 3 is 2.77 bits per heavy atom. The second kappa shape index (κ2) is 5.93. The van der Waals surface area contributed by atoms with Gasteiger partial charge in [0.2, 0.25) is 0 Å². The molecule has 2 atom stereocenters. The molecular formula is C20H19N3OS2. The van der Waals surface area contributed by atoms with Gasteiger partial charge in [0.05, 0.1) is 5.92 Å². The molecule has 3 aromatic rings. The number of Topliss-reactive ketones (excluding diaryl/α,β-unsaturated/α-hetero) is 1. The van der Waals surface area contributed by atoms with Gasteiger partial charge in [-0.2, -0.15) is 5.10 Å². The lowest BCUT2D eigenvalue weighted by Gasteiger charge is -2.34. The van der Waals surface area contributed by atoms with Crippen molar-refractivity contribution < 1.29 is 4.79 Å². The van der Waals surface area contributed by atoms with Gasteiger partial charge in [-0.05, 0) is 48.7 Å². The fourth-order valence-corrected chi connectivity index (χ4v) is 6.10. The number of fused-ring (bicyclic) bond motifs is 1. The molecule has 0 fully saturated rings. The molecule has 132 valence electrons. The number of aromatic nitrogens is 2. The molecule has 3 aromatic heterocycles. The van der Waals surface area contributed by atoms with Crippen molar-refractivity contribution in [2.45, 2.75) is 38.5 Å². The molecular weight excluding hydrogens is 362 g/mol. The lowest BCUT2D eigenvalue weighted by atomic mass is 9.75. The van der Waals surface area contributed by atoms with E-state index in [9.17, 15) is 4.79 Å². The van der Waals surface area contributed by atoms with Crippen molar-refractivity contribution in [3.05, 3.63) is 66.8 Å². The summed E-state index contributed by atoms with van der Waals surface area (Å²) >= 11 is 3.47. The van der Waals surface area contributed by atoms with Crippen LogP contribution < -0.4 is 5.32 Å². The number of aryl methyl sites for hydroxylation is 2. The number of hydrogen-bond donors (Lipinski definition) is 2. The number of hydrogen-bond acceptors (Lipinski definition) is 5. The third-order valence-corrected chi connectivity index (χ3v) is 7.58. The SMILES string of the molecule is Cc1ccsc1[C@H]1C2=C(C[C@@H](c3cccs3)CC2=O)Nc2n[nH]c(C)c21. The van der Waals surface area contributed by atoms with Crippen molar-refractivity contribution in [3.63, 3.8) is 0 Å². The minimum absolute atomic E-state index is 0.00298. The number of thiophene rings is 2. The highest BCUT2D eigenvalue weighted by molar-refractivity contribution is 7.10. The first-order valence-electron chi connectivity index (χ1n) is 8.79. The van der Waals surface area contributed by atoms with Gasteiger partial charge >= 0.3 is 0 Å². The quantitative estimate of drug-likeness (QED) is 0.649. The summed E-state index contributed by atoms with van der Waals surface area (Å²) in [6, 6.07) is 6.34. The highest BCUT2D eigenvalue weighted by atomic mass is 32.1. The first-order valence-corrected chi connectivity index (χ1v) is 10.5. The van der Waals surface area contributed by atoms with Gasteiger partial charge in [0, 0.05) is 44.6 Å². The van der Waals surface area contributed by atoms with Crippen LogP contribution in [0.4, 0.5) is 5.82 Å². The second-order valence-electron chi connectivity index (χ2n) is 7.07. The molecule has 26 heavy (non-hydrogen) atoms. The number of carbonyl (C=O) groups excluding carboxylic acids is 1. The van der Waals surface area contributed by atoms with Crippen LogP contribution in [0.15, 0.2) is 40.2 Å². The van der Waals surface area contributed by atoms with Crippen molar-refractivity contribution in [2.24, 2.45) is 0 Å². The fourth-order valence-electron chi connectivity index (χ4n) is 4.22. The van der Waals surface area contributed by atoms with Gasteiger partial charge < -0.3 is 5.32 Å². The number of ketones is 1. The van der Waals surface area contributed by atoms with E-state index in [0.29, 0.717) is 6.42 Å². The highest BCUT2D eigenvalue weighted by Gasteiger charge is 2.41. The number of allylic oxidation sites excluding steroid dienone is 2. The van der Waals surface area contributed by atoms with Gasteiger partial charge in [-0.3, -0.25) is 9.89 Å². The maximum atomic E-state index is 13.3. The summed E-state index contributed by atoms with van der Waals surface area (Å²) in [7, 11) is 0. The lowest BCUT2D eigenvalue weighted by molar-refractivity contribution is -0.116. The Bertz CT molecular complexity index is 1030. The summed E-state index contributed by atoms with van der Waals surface area (Å²) in [6.45, 7) is 4.17. The molecule has 0 spiro atoms. The first kappa shape index (κ1) is 16.0. The molecule has 0 aromatic carbocycles. The average Bonchev–Trinajstić information content (AvgIpc) is 3.35. The van der Waals surface area contributed by atoms with E-state index in [0.717, 1.165) is 34.8 Å². The van der Waals surface area contributed by atoms with E-state index < -0.39 is 0 Å². The number of H-pyrrole nitrogens is 1. The van der Waals surface area contributed by atoms with Crippen LogP contribution in [0.2, 0.25) is 0 Å². The van der Waals surface area contributed by atoms with Crippen LogP contribution in [0.25, 0.3) is 0 Å². The summed E-state index contributed by atoms with van der Waals surface area (Å²) in [5.74, 6) is 1.40. The van der Waals surface area contributed by atoms with Crippen LogP contribution >= 0.6 is 22.7 Å². The molecule has 6 heteroatoms. The molecule has 5 rings (SSSR count). The number of anilines is 1. The maximum absolute atomic E-state index is 13.3. The molecule has 0 amide bonds. The fraction of sp³-hybridized carbons (Fsp3) is 0.300. The van der Waals surface area contributed by atoms with Crippen LogP contribution in [-0.2, 0) is 4.79 Å². The summed E-state index contributed by atoms with van der Waals surface area (Å²) in [6.07, 6.45) is 1.46. The lowest BCUT2D eigenvalue weighted by Crippen LogP contribution is -2.29. The van der Waals surface area contributed by atoms with Crippen molar-refractivity contribution in [2.75, 3.05) is 5.32 Å². The zero-order valence-electron chi connectivity index (χ0n) is 14.6. The predicted molar refractivity (Wildman–Crippen MR) is 106 cm³/mol. The maximum Gasteiger partial charge on any atom is 0.162 e. The summed E-state index contributed by atoms with van der Waals surface area (Å²) < 4.78 is 0. The summed E-state index contributed by atoms with van der Waals surface area (Å²) in [4.78, 5) is 15.8. The Hall–Kier alpha value is -2.18. The number of aromatic amines is 1. The Balaban J connectivity index is 1.66. The van der Waals surface area contributed by atoms with Gasteiger partial charge in [0.15, 0.2) is 11.6 Å². The van der Waals surface area contributed by atoms with Crippen molar-refractivity contribution in [3.8, 4) is 0 Å². The Morgan fingerprint density at radius 2 is 2.04 bits per heavy atom. The van der Waals surface area contributed by atoms with E-state index in [2.05, 4.69) is 51.4 Å². The van der Waals surface area contributed by atoms with E-state index >= 15 is 0 Å². The van der Waals surface area contributed by atoms with Crippen molar-refractivity contribution in [1.29, 1.82) is 0 Å². The van der Waals surface area contributed by atoms with Crippen molar-refractivity contribution >= 4 is 34.3 Å². The molecule has 0 bridgehead atoms. The molecule has 4 heterocycles. The number of rotatable bonds is 2. The normalized spacial score (nSPS) is 22.2. The number of nitrogens with zero attached hydrogens (tertiary/aromatic N) is 1. The van der Waals surface area contributed by atoms with Gasteiger partial charge in [0.25, 0.3) is 0 Å².